The molecule has 4 aromatic rings. The first-order valence-electron chi connectivity index (χ1n) is 13.9. The fourth-order valence-corrected chi connectivity index (χ4v) is 5.57. The van der Waals surface area contributed by atoms with Crippen molar-refractivity contribution in [2.45, 2.75) is 25.4 Å². The number of carbonyl (C=O) groups excluding carboxylic acids is 2. The molecule has 41 heavy (non-hydrogen) atoms. The van der Waals surface area contributed by atoms with Gasteiger partial charge in [0.25, 0.3) is 0 Å². The Bertz CT molecular complexity index is 1490. The highest BCUT2D eigenvalue weighted by Crippen LogP contribution is 2.29. The van der Waals surface area contributed by atoms with Crippen molar-refractivity contribution in [1.82, 2.24) is 20.1 Å². The quantitative estimate of drug-likeness (QED) is 0.259. The lowest BCUT2D eigenvalue weighted by atomic mass is 9.92. The molecular weight excluding hydrogens is 536 g/mol. The number of aromatic amines is 1. The van der Waals surface area contributed by atoms with E-state index in [-0.39, 0.29) is 17.9 Å². The van der Waals surface area contributed by atoms with E-state index in [0.29, 0.717) is 36.9 Å². The minimum atomic E-state index is -0.784. The van der Waals surface area contributed by atoms with E-state index in [1.54, 1.807) is 4.90 Å². The van der Waals surface area contributed by atoms with Crippen molar-refractivity contribution in [1.29, 1.82) is 0 Å². The summed E-state index contributed by atoms with van der Waals surface area (Å²) in [5.41, 5.74) is 4.86. The van der Waals surface area contributed by atoms with Crippen LogP contribution in [-0.2, 0) is 11.3 Å². The number of hydrogen-bond acceptors (Lipinski definition) is 4. The molecule has 0 radical (unpaired) electrons. The number of nitrogens with zero attached hydrogens (tertiary/aromatic N) is 3. The van der Waals surface area contributed by atoms with E-state index in [0.717, 1.165) is 34.3 Å². The second-order valence-electron chi connectivity index (χ2n) is 10.9. The molecule has 5 rings (SSSR count). The first kappa shape index (κ1) is 28.5. The zero-order chi connectivity index (χ0) is 28.9. The van der Waals surface area contributed by atoms with Gasteiger partial charge in [-0.05, 0) is 67.7 Å². The van der Waals surface area contributed by atoms with Gasteiger partial charge in [0, 0.05) is 72.1 Å². The summed E-state index contributed by atoms with van der Waals surface area (Å²) in [7, 11) is 4.02. The predicted molar refractivity (Wildman–Crippen MR) is 167 cm³/mol. The number of nitrogens with one attached hydrogen (secondary N) is 3. The van der Waals surface area contributed by atoms with Gasteiger partial charge < -0.3 is 30.3 Å². The lowest BCUT2D eigenvalue weighted by Crippen LogP contribution is -2.56. The van der Waals surface area contributed by atoms with Crippen LogP contribution in [0.4, 0.5) is 16.2 Å². The number of fused-ring (bicyclic) bond motifs is 1. The molecule has 3 aromatic carbocycles. The molecule has 1 saturated heterocycles. The Morgan fingerprint density at radius 2 is 1.71 bits per heavy atom. The number of halogens is 1. The zero-order valence-electron chi connectivity index (χ0n) is 23.7. The van der Waals surface area contributed by atoms with E-state index < -0.39 is 6.04 Å². The van der Waals surface area contributed by atoms with E-state index in [4.69, 9.17) is 11.6 Å². The van der Waals surface area contributed by atoms with Crippen molar-refractivity contribution in [3.63, 3.8) is 0 Å². The fraction of sp³-hybridized carbons (Fsp3) is 0.312. The number of benzene rings is 3. The van der Waals surface area contributed by atoms with Crippen molar-refractivity contribution in [2.24, 2.45) is 0 Å². The van der Waals surface area contributed by atoms with Gasteiger partial charge in [0.2, 0.25) is 5.91 Å². The van der Waals surface area contributed by atoms with Gasteiger partial charge in [0.15, 0.2) is 0 Å². The van der Waals surface area contributed by atoms with Crippen molar-refractivity contribution < 1.29 is 9.59 Å². The van der Waals surface area contributed by atoms with Crippen LogP contribution in [0, 0.1) is 0 Å². The van der Waals surface area contributed by atoms with Crippen molar-refractivity contribution in [2.75, 3.05) is 50.5 Å². The third-order valence-electron chi connectivity index (χ3n) is 7.63. The number of urea groups is 1. The monoisotopic (exact) mass is 572 g/mol. The average Bonchev–Trinajstić information content (AvgIpc) is 3.40. The van der Waals surface area contributed by atoms with Crippen molar-refractivity contribution in [3.05, 3.63) is 95.1 Å². The highest BCUT2D eigenvalue weighted by atomic mass is 35.5. The molecular formula is C32H37ClN6O2. The van der Waals surface area contributed by atoms with E-state index in [1.807, 2.05) is 100 Å². The Morgan fingerprint density at radius 3 is 2.44 bits per heavy atom. The Labute approximate surface area is 246 Å². The number of rotatable bonds is 8. The van der Waals surface area contributed by atoms with Crippen LogP contribution in [0.1, 0.15) is 24.0 Å². The number of aromatic nitrogens is 1. The second-order valence-corrected chi connectivity index (χ2v) is 11.3. The summed E-state index contributed by atoms with van der Waals surface area (Å²) in [4.78, 5) is 36.8. The lowest BCUT2D eigenvalue weighted by Gasteiger charge is -2.37. The molecule has 9 heteroatoms. The number of para-hydroxylation sites is 1. The van der Waals surface area contributed by atoms with Crippen LogP contribution in [0.15, 0.2) is 79.0 Å². The lowest BCUT2D eigenvalue weighted by molar-refractivity contribution is -0.118. The topological polar surface area (TPSA) is 83.7 Å². The molecule has 1 aliphatic heterocycles. The standard InChI is InChI=1S/C32H37ClN6O2/c1-22(28-20-34-29-10-5-4-9-27(28)29)30(31(40)35-25-8-6-7-23(19-25)21-37(2)3)36-32(41)39-17-15-38(16-18-39)26-13-11-24(33)12-14-26/h4-14,19-20,22,30,34H,15-18,21H2,1-3H3,(H,35,40)(H,36,41)/t22-,30-/m1/s1. The Balaban J connectivity index is 1.33. The highest BCUT2D eigenvalue weighted by Gasteiger charge is 2.32. The number of hydrogen-bond donors (Lipinski definition) is 3. The summed E-state index contributed by atoms with van der Waals surface area (Å²) in [5.74, 6) is -0.534. The Hall–Kier alpha value is -4.01. The van der Waals surface area contributed by atoms with E-state index in [9.17, 15) is 9.59 Å². The van der Waals surface area contributed by atoms with Crippen LogP contribution in [0.3, 0.4) is 0 Å². The van der Waals surface area contributed by atoms with Gasteiger partial charge >= 0.3 is 6.03 Å². The Kier molecular flexibility index (Phi) is 8.81. The normalized spacial score (nSPS) is 15.1. The summed E-state index contributed by atoms with van der Waals surface area (Å²) < 4.78 is 0. The molecule has 0 unspecified atom stereocenters. The number of carbonyl (C=O) groups is 2. The van der Waals surface area contributed by atoms with Gasteiger partial charge in [-0.3, -0.25) is 4.79 Å². The summed E-state index contributed by atoms with van der Waals surface area (Å²) in [6, 6.07) is 22.5. The minimum absolute atomic E-state index is 0.242. The number of anilines is 2. The third kappa shape index (κ3) is 6.84. The average molecular weight is 573 g/mol. The molecule has 0 saturated carbocycles. The molecule has 214 valence electrons. The summed E-state index contributed by atoms with van der Waals surface area (Å²) >= 11 is 6.05. The van der Waals surface area contributed by atoms with Crippen LogP contribution in [-0.4, -0.2) is 73.0 Å². The number of amides is 3. The van der Waals surface area contributed by atoms with Crippen molar-refractivity contribution >= 4 is 45.8 Å². The third-order valence-corrected chi connectivity index (χ3v) is 7.88. The SMILES string of the molecule is C[C@H](c1c[nH]c2ccccc12)[C@@H](NC(=O)N1CCN(c2ccc(Cl)cc2)CC1)C(=O)Nc1cccc(CN(C)C)c1. The second kappa shape index (κ2) is 12.7. The van der Waals surface area contributed by atoms with Gasteiger partial charge in [-0.1, -0.05) is 48.9 Å². The molecule has 2 atom stereocenters. The fourth-order valence-electron chi connectivity index (χ4n) is 5.44. The number of piperazine rings is 1. The highest BCUT2D eigenvalue weighted by molar-refractivity contribution is 6.30. The number of H-pyrrole nitrogens is 1. The minimum Gasteiger partial charge on any atom is -0.368 e. The van der Waals surface area contributed by atoms with Gasteiger partial charge in [-0.2, -0.15) is 0 Å². The maximum atomic E-state index is 13.8. The molecule has 1 aromatic heterocycles. The van der Waals surface area contributed by atoms with Gasteiger partial charge in [-0.25, -0.2) is 4.79 Å². The molecule has 2 heterocycles. The molecule has 1 fully saturated rings. The Morgan fingerprint density at radius 1 is 0.976 bits per heavy atom. The molecule has 0 bridgehead atoms. The van der Waals surface area contributed by atoms with Crippen LogP contribution in [0.5, 0.6) is 0 Å². The molecule has 0 spiro atoms. The zero-order valence-corrected chi connectivity index (χ0v) is 24.5. The van der Waals surface area contributed by atoms with Crippen LogP contribution >= 0.6 is 11.6 Å². The van der Waals surface area contributed by atoms with Crippen LogP contribution in [0.25, 0.3) is 10.9 Å². The van der Waals surface area contributed by atoms with Gasteiger partial charge in [0.1, 0.15) is 6.04 Å². The molecule has 1 aliphatic rings. The smallest absolute Gasteiger partial charge is 0.318 e. The van der Waals surface area contributed by atoms with E-state index in [2.05, 4.69) is 25.4 Å². The largest absolute Gasteiger partial charge is 0.368 e. The van der Waals surface area contributed by atoms with Crippen molar-refractivity contribution in [3.8, 4) is 0 Å². The molecule has 8 nitrogen and oxygen atoms in total. The van der Waals surface area contributed by atoms with E-state index in [1.165, 1.54) is 0 Å². The first-order chi connectivity index (χ1) is 19.8. The summed E-state index contributed by atoms with van der Waals surface area (Å²) in [6.07, 6.45) is 1.93. The first-order valence-corrected chi connectivity index (χ1v) is 14.3. The van der Waals surface area contributed by atoms with Gasteiger partial charge in [0.05, 0.1) is 0 Å². The molecule has 3 amide bonds. The maximum absolute atomic E-state index is 13.8. The van der Waals surface area contributed by atoms with E-state index >= 15 is 0 Å². The predicted octanol–water partition coefficient (Wildman–Crippen LogP) is 5.53. The molecule has 3 N–H and O–H groups in total. The summed E-state index contributed by atoms with van der Waals surface area (Å²) in [5, 5.41) is 7.89. The van der Waals surface area contributed by atoms with Gasteiger partial charge in [-0.15, -0.1) is 0 Å². The molecule has 0 aliphatic carbocycles. The van der Waals surface area contributed by atoms with Crippen LogP contribution < -0.4 is 15.5 Å². The maximum Gasteiger partial charge on any atom is 0.318 e. The van der Waals surface area contributed by atoms with Crippen LogP contribution in [0.2, 0.25) is 5.02 Å². The summed E-state index contributed by atoms with van der Waals surface area (Å²) in [6.45, 7) is 5.25.